The number of ether oxygens (including phenoxy) is 5. The largest absolute Gasteiger partial charge is 0.497 e. The van der Waals surface area contributed by atoms with Gasteiger partial charge in [-0.25, -0.2) is 0 Å². The summed E-state index contributed by atoms with van der Waals surface area (Å²) >= 11 is 0. The zero-order valence-corrected chi connectivity index (χ0v) is 26.5. The lowest BCUT2D eigenvalue weighted by Gasteiger charge is -2.28. The van der Waals surface area contributed by atoms with Gasteiger partial charge in [0.25, 0.3) is 0 Å². The van der Waals surface area contributed by atoms with Crippen LogP contribution in [0.15, 0.2) is 115 Å². The highest BCUT2D eigenvalue weighted by molar-refractivity contribution is 6.17. The van der Waals surface area contributed by atoms with E-state index in [0.717, 1.165) is 78.3 Å². The summed E-state index contributed by atoms with van der Waals surface area (Å²) in [5.74, 6) is 4.14. The minimum absolute atomic E-state index is 0.445. The number of methoxy groups -OCH3 is 4. The molecule has 6 nitrogen and oxygen atoms in total. The predicted molar refractivity (Wildman–Crippen MR) is 185 cm³/mol. The first-order chi connectivity index (χ1) is 23.1. The Morgan fingerprint density at radius 3 is 1.43 bits per heavy atom. The van der Waals surface area contributed by atoms with Crippen LogP contribution >= 0.6 is 0 Å². The molecule has 47 heavy (non-hydrogen) atoms. The maximum absolute atomic E-state index is 11.0. The van der Waals surface area contributed by atoms with Crippen molar-refractivity contribution < 1.29 is 23.7 Å². The van der Waals surface area contributed by atoms with E-state index in [-0.39, 0.29) is 0 Å². The molecule has 0 aromatic heterocycles. The van der Waals surface area contributed by atoms with Crippen molar-refractivity contribution in [2.45, 2.75) is 0 Å². The molecule has 0 amide bonds. The number of rotatable bonds is 8. The van der Waals surface area contributed by atoms with Crippen molar-refractivity contribution in [3.63, 3.8) is 0 Å². The topological polar surface area (TPSA) is 69.9 Å². The fraction of sp³-hybridized carbons (Fsp3) is 0.0976. The summed E-state index contributed by atoms with van der Waals surface area (Å²) in [7, 11) is 6.59. The predicted octanol–water partition coefficient (Wildman–Crippen LogP) is 9.39. The number of benzene rings is 6. The molecule has 0 unspecified atom stereocenters. The molecule has 0 spiro atoms. The fourth-order valence-corrected chi connectivity index (χ4v) is 6.29. The van der Waals surface area contributed by atoms with Gasteiger partial charge in [-0.3, -0.25) is 0 Å². The molecule has 1 aliphatic heterocycles. The van der Waals surface area contributed by atoms with E-state index in [1.54, 1.807) is 28.4 Å². The van der Waals surface area contributed by atoms with Gasteiger partial charge < -0.3 is 23.7 Å². The van der Waals surface area contributed by atoms with E-state index < -0.39 is 0 Å². The summed E-state index contributed by atoms with van der Waals surface area (Å²) in [6.07, 6.45) is 0. The Morgan fingerprint density at radius 1 is 0.511 bits per heavy atom. The van der Waals surface area contributed by atoms with Crippen molar-refractivity contribution in [1.29, 1.82) is 5.26 Å². The molecule has 7 rings (SSSR count). The Bertz CT molecular complexity index is 2180. The molecule has 6 aromatic carbocycles. The van der Waals surface area contributed by atoms with Gasteiger partial charge in [0.05, 0.1) is 28.4 Å². The van der Waals surface area contributed by atoms with Gasteiger partial charge in [-0.15, -0.1) is 0 Å². The monoisotopic (exact) mass is 617 g/mol. The van der Waals surface area contributed by atoms with Crippen LogP contribution in [0, 0.1) is 11.3 Å². The van der Waals surface area contributed by atoms with Gasteiger partial charge in [0.2, 0.25) is 0 Å². The van der Waals surface area contributed by atoms with Crippen LogP contribution < -0.4 is 23.7 Å². The summed E-state index contributed by atoms with van der Waals surface area (Å²) < 4.78 is 28.9. The minimum atomic E-state index is 0.445. The van der Waals surface area contributed by atoms with E-state index in [2.05, 4.69) is 24.3 Å². The first-order valence-corrected chi connectivity index (χ1v) is 15.1. The molecule has 6 aromatic rings. The van der Waals surface area contributed by atoms with Gasteiger partial charge in [0.15, 0.2) is 5.75 Å². The van der Waals surface area contributed by atoms with Crippen molar-refractivity contribution in [2.75, 3.05) is 28.4 Å². The van der Waals surface area contributed by atoms with Gasteiger partial charge in [0, 0.05) is 22.1 Å². The van der Waals surface area contributed by atoms with Gasteiger partial charge in [-0.1, -0.05) is 54.6 Å². The van der Waals surface area contributed by atoms with Crippen LogP contribution in [0.3, 0.4) is 0 Å². The van der Waals surface area contributed by atoms with Crippen LogP contribution in [0.4, 0.5) is 0 Å². The van der Waals surface area contributed by atoms with Gasteiger partial charge in [0.1, 0.15) is 40.4 Å². The molecule has 1 heterocycles. The van der Waals surface area contributed by atoms with Crippen molar-refractivity contribution in [2.24, 2.45) is 0 Å². The van der Waals surface area contributed by atoms with Crippen LogP contribution in [-0.4, -0.2) is 28.4 Å². The molecule has 6 heteroatoms. The molecule has 0 saturated carbocycles. The molecule has 230 valence electrons. The Labute approximate surface area is 273 Å². The number of hydrogen-bond acceptors (Lipinski definition) is 6. The Balaban J connectivity index is 1.60. The maximum Gasteiger partial charge on any atom is 0.154 e. The second-order valence-electron chi connectivity index (χ2n) is 11.0. The quantitative estimate of drug-likeness (QED) is 0.170. The Morgan fingerprint density at radius 2 is 0.957 bits per heavy atom. The van der Waals surface area contributed by atoms with Crippen molar-refractivity contribution in [1.82, 2.24) is 0 Å². The second kappa shape index (κ2) is 12.3. The average molecular weight is 618 g/mol. The number of nitrogens with zero attached hydrogens (tertiary/aromatic N) is 1. The van der Waals surface area contributed by atoms with Crippen molar-refractivity contribution in [3.05, 3.63) is 138 Å². The smallest absolute Gasteiger partial charge is 0.154 e. The standard InChI is InChI=1S/C41H31NO5/c1-43-29-16-8-25(9-17-29)36-33-6-5-7-34-38(27-12-20-31(45-3)21-13-27)40(28-14-22-32(46-4)23-15-28)47-41(39(33)34)35(24-42)37(36)26-10-18-30(44-2)19-11-26/h5-23H,1-4H3. The molecule has 0 N–H and O–H groups in total. The summed E-state index contributed by atoms with van der Waals surface area (Å²) in [4.78, 5) is 0. The average Bonchev–Trinajstić information content (AvgIpc) is 3.14. The lowest BCUT2D eigenvalue weighted by molar-refractivity contribution is 0.414. The first kappa shape index (κ1) is 29.5. The Kier molecular flexibility index (Phi) is 7.73. The molecule has 0 atom stereocenters. The lowest BCUT2D eigenvalue weighted by Crippen LogP contribution is -2.10. The fourth-order valence-electron chi connectivity index (χ4n) is 6.29. The summed E-state index contributed by atoms with van der Waals surface area (Å²) in [6.45, 7) is 0. The number of nitriles is 1. The molecular formula is C41H31NO5. The molecule has 0 aliphatic carbocycles. The molecule has 0 radical (unpaired) electrons. The van der Waals surface area contributed by atoms with Crippen LogP contribution in [0.25, 0.3) is 44.4 Å². The van der Waals surface area contributed by atoms with Gasteiger partial charge in [-0.2, -0.15) is 5.26 Å². The summed E-state index contributed by atoms with van der Waals surface area (Å²) in [5.41, 5.74) is 7.67. The molecule has 1 aliphatic rings. The third-order valence-electron chi connectivity index (χ3n) is 8.59. The summed E-state index contributed by atoms with van der Waals surface area (Å²) in [6, 6.07) is 40.3. The van der Waals surface area contributed by atoms with E-state index in [0.29, 0.717) is 17.1 Å². The van der Waals surface area contributed by atoms with Crippen LogP contribution in [0.1, 0.15) is 22.3 Å². The molecule has 0 fully saturated rings. The molecular weight excluding hydrogens is 586 g/mol. The van der Waals surface area contributed by atoms with E-state index in [9.17, 15) is 5.26 Å². The van der Waals surface area contributed by atoms with Gasteiger partial charge in [-0.05, 0) is 93.9 Å². The Hall–Kier alpha value is -6.19. The van der Waals surface area contributed by atoms with Crippen molar-refractivity contribution in [3.8, 4) is 57.1 Å². The third-order valence-corrected chi connectivity index (χ3v) is 8.59. The normalized spacial score (nSPS) is 11.9. The van der Waals surface area contributed by atoms with E-state index in [1.807, 2.05) is 97.1 Å². The lowest BCUT2D eigenvalue weighted by atomic mass is 9.81. The molecule has 0 bridgehead atoms. The third kappa shape index (κ3) is 5.08. The maximum atomic E-state index is 11.0. The van der Waals surface area contributed by atoms with Crippen LogP contribution in [0.2, 0.25) is 0 Å². The second-order valence-corrected chi connectivity index (χ2v) is 11.0. The first-order valence-electron chi connectivity index (χ1n) is 15.1. The highest BCUT2D eigenvalue weighted by atomic mass is 16.5. The van der Waals surface area contributed by atoms with Crippen molar-refractivity contribution >= 4 is 22.1 Å². The van der Waals surface area contributed by atoms with E-state index >= 15 is 0 Å². The summed E-state index contributed by atoms with van der Waals surface area (Å²) in [5, 5.41) is 12.8. The zero-order chi connectivity index (χ0) is 32.5. The zero-order valence-electron chi connectivity index (χ0n) is 26.5. The van der Waals surface area contributed by atoms with E-state index in [4.69, 9.17) is 23.7 Å². The van der Waals surface area contributed by atoms with Crippen LogP contribution in [-0.2, 0) is 0 Å². The van der Waals surface area contributed by atoms with E-state index in [1.165, 1.54) is 0 Å². The minimum Gasteiger partial charge on any atom is -0.497 e. The number of hydrogen-bond donors (Lipinski definition) is 0. The molecule has 0 saturated heterocycles. The van der Waals surface area contributed by atoms with Gasteiger partial charge >= 0.3 is 0 Å². The highest BCUT2D eigenvalue weighted by Crippen LogP contribution is 2.53. The highest BCUT2D eigenvalue weighted by Gasteiger charge is 2.31. The van der Waals surface area contributed by atoms with Crippen LogP contribution in [0.5, 0.6) is 28.7 Å². The SMILES string of the molecule is COc1ccc(C2=C(c3ccc(OC)cc3)c3cccc4c(-c5ccc(OC)cc5)c(-c5ccc(OC)cc5)c(C#N)c(c34)O2)cc1.